The maximum Gasteiger partial charge on any atom is 0.0900 e. The van der Waals surface area contributed by atoms with Gasteiger partial charge in [-0.3, -0.25) is 0 Å². The summed E-state index contributed by atoms with van der Waals surface area (Å²) in [6.45, 7) is 6.21. The van der Waals surface area contributed by atoms with Crippen molar-refractivity contribution in [1.82, 2.24) is 0 Å². The molecular formula is C10H19NO. The van der Waals surface area contributed by atoms with E-state index in [2.05, 4.69) is 13.8 Å². The second kappa shape index (κ2) is 3.19. The molecule has 0 aromatic rings. The Morgan fingerprint density at radius 1 is 1.67 bits per heavy atom. The first-order chi connectivity index (χ1) is 5.43. The van der Waals surface area contributed by atoms with Gasteiger partial charge in [0, 0.05) is 5.54 Å². The van der Waals surface area contributed by atoms with E-state index in [9.17, 15) is 5.11 Å². The van der Waals surface area contributed by atoms with Crippen LogP contribution in [0.4, 0.5) is 0 Å². The summed E-state index contributed by atoms with van der Waals surface area (Å²) in [4.78, 5) is 0. The maximum atomic E-state index is 9.65. The van der Waals surface area contributed by atoms with Crippen LogP contribution >= 0.6 is 0 Å². The molecule has 3 N–H and O–H groups in total. The molecule has 70 valence electrons. The number of rotatable bonds is 1. The van der Waals surface area contributed by atoms with Gasteiger partial charge in [-0.2, -0.15) is 0 Å². The number of hydrogen-bond acceptors (Lipinski definition) is 2. The fourth-order valence-corrected chi connectivity index (χ4v) is 1.52. The molecule has 0 unspecified atom stereocenters. The molecule has 0 bridgehead atoms. The zero-order chi connectivity index (χ0) is 9.35. The van der Waals surface area contributed by atoms with E-state index in [1.54, 1.807) is 0 Å². The van der Waals surface area contributed by atoms with Crippen molar-refractivity contribution in [2.75, 3.05) is 0 Å². The van der Waals surface area contributed by atoms with Gasteiger partial charge in [-0.25, -0.2) is 0 Å². The van der Waals surface area contributed by atoms with Crippen LogP contribution in [0.15, 0.2) is 11.6 Å². The molecule has 0 spiro atoms. The van der Waals surface area contributed by atoms with Gasteiger partial charge >= 0.3 is 0 Å². The van der Waals surface area contributed by atoms with Crippen molar-refractivity contribution in [3.05, 3.63) is 11.6 Å². The van der Waals surface area contributed by atoms with E-state index in [-0.39, 0.29) is 0 Å². The molecule has 0 radical (unpaired) electrons. The summed E-state index contributed by atoms with van der Waals surface area (Å²) in [6, 6.07) is 0. The van der Waals surface area contributed by atoms with Crippen LogP contribution in [-0.4, -0.2) is 16.7 Å². The Morgan fingerprint density at radius 3 is 2.67 bits per heavy atom. The molecule has 0 aliphatic heterocycles. The molecule has 0 aromatic heterocycles. The zero-order valence-electron chi connectivity index (χ0n) is 8.17. The molecule has 0 saturated heterocycles. The highest BCUT2D eigenvalue weighted by Gasteiger charge is 2.31. The van der Waals surface area contributed by atoms with Crippen LogP contribution < -0.4 is 5.73 Å². The van der Waals surface area contributed by atoms with E-state index in [0.717, 1.165) is 12.8 Å². The van der Waals surface area contributed by atoms with E-state index in [4.69, 9.17) is 5.73 Å². The molecule has 1 aliphatic carbocycles. The monoisotopic (exact) mass is 169 g/mol. The SMILES string of the molecule is CC(C)C1=C[C@H](O)[C@@](C)(N)CC1. The van der Waals surface area contributed by atoms with Crippen molar-refractivity contribution in [2.45, 2.75) is 45.3 Å². The lowest BCUT2D eigenvalue weighted by atomic mass is 9.79. The number of hydrogen-bond donors (Lipinski definition) is 2. The van der Waals surface area contributed by atoms with E-state index in [1.165, 1.54) is 5.57 Å². The van der Waals surface area contributed by atoms with Gasteiger partial charge in [0.25, 0.3) is 0 Å². The number of allylic oxidation sites excluding steroid dienone is 1. The van der Waals surface area contributed by atoms with E-state index in [0.29, 0.717) is 5.92 Å². The molecule has 0 fully saturated rings. The number of nitrogens with two attached hydrogens (primary N) is 1. The van der Waals surface area contributed by atoms with Gasteiger partial charge in [0.15, 0.2) is 0 Å². The Morgan fingerprint density at radius 2 is 2.25 bits per heavy atom. The molecule has 1 aliphatic rings. The highest BCUT2D eigenvalue weighted by atomic mass is 16.3. The summed E-state index contributed by atoms with van der Waals surface area (Å²) in [5.41, 5.74) is 6.81. The summed E-state index contributed by atoms with van der Waals surface area (Å²) >= 11 is 0. The molecule has 12 heavy (non-hydrogen) atoms. The molecule has 2 atom stereocenters. The fraction of sp³-hybridized carbons (Fsp3) is 0.800. The summed E-state index contributed by atoms with van der Waals surface area (Å²) in [5.74, 6) is 0.538. The van der Waals surface area contributed by atoms with Crippen molar-refractivity contribution >= 4 is 0 Å². The Balaban J connectivity index is 2.75. The molecule has 0 heterocycles. The topological polar surface area (TPSA) is 46.2 Å². The highest BCUT2D eigenvalue weighted by Crippen LogP contribution is 2.29. The zero-order valence-corrected chi connectivity index (χ0v) is 8.17. The van der Waals surface area contributed by atoms with Crippen LogP contribution in [-0.2, 0) is 0 Å². The van der Waals surface area contributed by atoms with Crippen LogP contribution in [0.1, 0.15) is 33.6 Å². The van der Waals surface area contributed by atoms with E-state index >= 15 is 0 Å². The second-order valence-corrected chi connectivity index (χ2v) is 4.35. The van der Waals surface area contributed by atoms with E-state index in [1.807, 2.05) is 13.0 Å². The lowest BCUT2D eigenvalue weighted by Crippen LogP contribution is -2.49. The van der Waals surface area contributed by atoms with Gasteiger partial charge in [0.05, 0.1) is 6.10 Å². The van der Waals surface area contributed by atoms with Crippen molar-refractivity contribution in [3.8, 4) is 0 Å². The molecule has 1 rings (SSSR count). The van der Waals surface area contributed by atoms with Crippen molar-refractivity contribution in [3.63, 3.8) is 0 Å². The van der Waals surface area contributed by atoms with Gasteiger partial charge in [-0.15, -0.1) is 0 Å². The number of aliphatic hydroxyl groups is 1. The fourth-order valence-electron chi connectivity index (χ4n) is 1.52. The minimum atomic E-state index is -0.469. The van der Waals surface area contributed by atoms with Gasteiger partial charge < -0.3 is 10.8 Å². The highest BCUT2D eigenvalue weighted by molar-refractivity contribution is 5.17. The molecular weight excluding hydrogens is 150 g/mol. The Labute approximate surface area is 74.5 Å². The van der Waals surface area contributed by atoms with E-state index < -0.39 is 11.6 Å². The summed E-state index contributed by atoms with van der Waals surface area (Å²) in [6.07, 6.45) is 3.37. The van der Waals surface area contributed by atoms with Gasteiger partial charge in [-0.05, 0) is 25.7 Å². The summed E-state index contributed by atoms with van der Waals surface area (Å²) in [7, 11) is 0. The lowest BCUT2D eigenvalue weighted by Gasteiger charge is -2.34. The Hall–Kier alpha value is -0.340. The van der Waals surface area contributed by atoms with Crippen LogP contribution in [0, 0.1) is 5.92 Å². The van der Waals surface area contributed by atoms with Gasteiger partial charge in [0.2, 0.25) is 0 Å². The van der Waals surface area contributed by atoms with Crippen LogP contribution in [0.25, 0.3) is 0 Å². The predicted octanol–water partition coefficient (Wildman–Crippen LogP) is 1.44. The van der Waals surface area contributed by atoms with Crippen molar-refractivity contribution < 1.29 is 5.11 Å². The predicted molar refractivity (Wildman–Crippen MR) is 50.8 cm³/mol. The minimum Gasteiger partial charge on any atom is -0.387 e. The molecule has 2 nitrogen and oxygen atoms in total. The third-order valence-corrected chi connectivity index (χ3v) is 2.74. The first-order valence-corrected chi connectivity index (χ1v) is 4.61. The third-order valence-electron chi connectivity index (χ3n) is 2.74. The molecule has 0 amide bonds. The van der Waals surface area contributed by atoms with Crippen molar-refractivity contribution in [1.29, 1.82) is 0 Å². The van der Waals surface area contributed by atoms with Crippen LogP contribution in [0.3, 0.4) is 0 Å². The molecule has 2 heteroatoms. The number of aliphatic hydroxyl groups excluding tert-OH is 1. The summed E-state index contributed by atoms with van der Waals surface area (Å²) in [5, 5.41) is 9.65. The lowest BCUT2D eigenvalue weighted by molar-refractivity contribution is 0.121. The normalized spacial score (nSPS) is 36.8. The molecule has 0 saturated carbocycles. The Bertz CT molecular complexity index is 194. The average Bonchev–Trinajstić information content (AvgIpc) is 1.94. The van der Waals surface area contributed by atoms with Crippen molar-refractivity contribution in [2.24, 2.45) is 11.7 Å². The third kappa shape index (κ3) is 1.87. The summed E-state index contributed by atoms with van der Waals surface area (Å²) < 4.78 is 0. The first-order valence-electron chi connectivity index (χ1n) is 4.61. The largest absolute Gasteiger partial charge is 0.387 e. The first kappa shape index (κ1) is 9.75. The second-order valence-electron chi connectivity index (χ2n) is 4.35. The standard InChI is InChI=1S/C10H19NO/c1-7(2)8-4-5-10(3,11)9(12)6-8/h6-7,9,12H,4-5,11H2,1-3H3/t9-,10-/m0/s1. The maximum absolute atomic E-state index is 9.65. The van der Waals surface area contributed by atoms with Gasteiger partial charge in [-0.1, -0.05) is 25.5 Å². The Kier molecular flexibility index (Phi) is 2.59. The van der Waals surface area contributed by atoms with Crippen LogP contribution in [0.5, 0.6) is 0 Å². The van der Waals surface area contributed by atoms with Gasteiger partial charge in [0.1, 0.15) is 0 Å². The van der Waals surface area contributed by atoms with Crippen LogP contribution in [0.2, 0.25) is 0 Å². The quantitative estimate of drug-likeness (QED) is 0.583. The average molecular weight is 169 g/mol. The molecule has 0 aromatic carbocycles. The minimum absolute atomic E-state index is 0.418. The smallest absolute Gasteiger partial charge is 0.0900 e.